The van der Waals surface area contributed by atoms with Gasteiger partial charge in [0, 0.05) is 25.3 Å². The maximum absolute atomic E-state index is 12.4. The van der Waals surface area contributed by atoms with E-state index in [0.29, 0.717) is 12.3 Å². The number of sulfonamides is 1. The zero-order valence-electron chi connectivity index (χ0n) is 16.2. The van der Waals surface area contributed by atoms with Gasteiger partial charge in [-0.1, -0.05) is 23.7 Å². The molecule has 5 nitrogen and oxygen atoms in total. The molecule has 1 saturated heterocycles. The Labute approximate surface area is 172 Å². The van der Waals surface area contributed by atoms with E-state index >= 15 is 0 Å². The van der Waals surface area contributed by atoms with Crippen molar-refractivity contribution in [3.63, 3.8) is 0 Å². The molecule has 1 N–H and O–H groups in total. The van der Waals surface area contributed by atoms with E-state index in [-0.39, 0.29) is 9.92 Å². The van der Waals surface area contributed by atoms with Crippen LogP contribution in [-0.2, 0) is 16.4 Å². The Kier molecular flexibility index (Phi) is 7.21. The molecule has 0 spiro atoms. The Hall–Kier alpha value is -1.76. The minimum atomic E-state index is -3.58. The second-order valence-corrected chi connectivity index (χ2v) is 9.19. The first-order valence-electron chi connectivity index (χ1n) is 9.67. The van der Waals surface area contributed by atoms with Gasteiger partial charge in [-0.15, -0.1) is 0 Å². The number of aryl methyl sites for hydroxylation is 1. The normalized spacial score (nSPS) is 14.9. The van der Waals surface area contributed by atoms with E-state index in [2.05, 4.69) is 33.9 Å². The number of anilines is 1. The van der Waals surface area contributed by atoms with Gasteiger partial charge in [0.05, 0.1) is 17.0 Å². The zero-order valence-corrected chi connectivity index (χ0v) is 17.7. The van der Waals surface area contributed by atoms with Gasteiger partial charge < -0.3 is 9.64 Å². The maximum atomic E-state index is 12.4. The largest absolute Gasteiger partial charge is 0.495 e. The van der Waals surface area contributed by atoms with Crippen molar-refractivity contribution >= 4 is 27.3 Å². The van der Waals surface area contributed by atoms with E-state index in [0.717, 1.165) is 25.9 Å². The molecule has 0 amide bonds. The number of halogens is 1. The summed E-state index contributed by atoms with van der Waals surface area (Å²) in [5.41, 5.74) is 2.49. The van der Waals surface area contributed by atoms with Gasteiger partial charge in [-0.2, -0.15) is 0 Å². The van der Waals surface area contributed by atoms with Crippen LogP contribution in [0.25, 0.3) is 0 Å². The van der Waals surface area contributed by atoms with Gasteiger partial charge >= 0.3 is 0 Å². The molecule has 28 heavy (non-hydrogen) atoms. The summed E-state index contributed by atoms with van der Waals surface area (Å²) >= 11 is 6.03. The van der Waals surface area contributed by atoms with E-state index < -0.39 is 10.0 Å². The Morgan fingerprint density at radius 2 is 1.79 bits per heavy atom. The number of rotatable bonds is 8. The first kappa shape index (κ1) is 21.0. The summed E-state index contributed by atoms with van der Waals surface area (Å²) in [6.45, 7) is 2.65. The van der Waals surface area contributed by atoms with Crippen LogP contribution >= 0.6 is 11.6 Å². The van der Waals surface area contributed by atoms with Crippen molar-refractivity contribution in [2.24, 2.45) is 0 Å². The summed E-state index contributed by atoms with van der Waals surface area (Å²) in [5, 5.41) is 0.277. The van der Waals surface area contributed by atoms with Crippen LogP contribution in [0.15, 0.2) is 47.4 Å². The molecule has 0 unspecified atom stereocenters. The molecule has 0 saturated carbocycles. The number of methoxy groups -OCH3 is 1. The summed E-state index contributed by atoms with van der Waals surface area (Å²) in [6.07, 6.45) is 5.41. The lowest BCUT2D eigenvalue weighted by Crippen LogP contribution is -2.29. The van der Waals surface area contributed by atoms with E-state index in [1.807, 2.05) is 0 Å². The number of hydrogen-bond donors (Lipinski definition) is 1. The molecular weight excluding hydrogens is 396 g/mol. The van der Waals surface area contributed by atoms with Crippen molar-refractivity contribution in [2.45, 2.75) is 37.0 Å². The minimum absolute atomic E-state index is 0.143. The number of nitrogens with zero attached hydrogens (tertiary/aromatic N) is 1. The van der Waals surface area contributed by atoms with E-state index in [9.17, 15) is 8.42 Å². The highest BCUT2D eigenvalue weighted by Crippen LogP contribution is 2.27. The van der Waals surface area contributed by atoms with E-state index in [1.165, 1.54) is 49.8 Å². The van der Waals surface area contributed by atoms with Crippen LogP contribution in [0.2, 0.25) is 5.02 Å². The third kappa shape index (κ3) is 5.40. The monoisotopic (exact) mass is 422 g/mol. The van der Waals surface area contributed by atoms with Gasteiger partial charge in [-0.25, -0.2) is 13.1 Å². The van der Waals surface area contributed by atoms with Crippen LogP contribution < -0.4 is 14.4 Å². The number of hydrogen-bond acceptors (Lipinski definition) is 4. The van der Waals surface area contributed by atoms with Crippen molar-refractivity contribution in [3.8, 4) is 5.75 Å². The molecule has 1 aliphatic heterocycles. The van der Waals surface area contributed by atoms with Gasteiger partial charge in [-0.05, 0) is 68.0 Å². The fraction of sp³-hybridized carbons (Fsp3) is 0.429. The predicted octanol–water partition coefficient (Wildman–Crippen LogP) is 4.25. The molecule has 1 heterocycles. The molecule has 0 atom stereocenters. The van der Waals surface area contributed by atoms with Crippen LogP contribution in [0, 0.1) is 0 Å². The maximum Gasteiger partial charge on any atom is 0.240 e. The molecule has 1 aliphatic rings. The summed E-state index contributed by atoms with van der Waals surface area (Å²) in [4.78, 5) is 2.57. The molecular formula is C21H27ClN2O3S. The Bertz CT molecular complexity index is 879. The molecule has 2 aromatic carbocycles. The summed E-state index contributed by atoms with van der Waals surface area (Å²) in [7, 11) is -2.09. The highest BCUT2D eigenvalue weighted by Gasteiger charge is 2.15. The lowest BCUT2D eigenvalue weighted by atomic mass is 10.1. The fourth-order valence-electron chi connectivity index (χ4n) is 3.42. The number of piperidine rings is 1. The average molecular weight is 423 g/mol. The summed E-state index contributed by atoms with van der Waals surface area (Å²) in [6, 6.07) is 13.1. The van der Waals surface area contributed by atoms with Crippen molar-refractivity contribution in [2.75, 3.05) is 31.6 Å². The molecule has 2 aromatic rings. The standard InChI is InChI=1S/C21H27ClN2O3S/c1-27-21-12-11-19(16-20(21)22)28(25,26)23-13-5-6-17-7-9-18(10-8-17)24-14-3-2-4-15-24/h7-12,16,23H,2-6,13-15H2,1H3. The van der Waals surface area contributed by atoms with Crippen LogP contribution in [0.3, 0.4) is 0 Å². The van der Waals surface area contributed by atoms with E-state index in [1.54, 1.807) is 6.07 Å². The topological polar surface area (TPSA) is 58.6 Å². The van der Waals surface area contributed by atoms with Crippen molar-refractivity contribution in [1.82, 2.24) is 4.72 Å². The third-order valence-electron chi connectivity index (χ3n) is 5.03. The Morgan fingerprint density at radius 1 is 1.07 bits per heavy atom. The lowest BCUT2D eigenvalue weighted by Gasteiger charge is -2.28. The van der Waals surface area contributed by atoms with Crippen molar-refractivity contribution < 1.29 is 13.2 Å². The minimum Gasteiger partial charge on any atom is -0.495 e. The van der Waals surface area contributed by atoms with Crippen molar-refractivity contribution in [3.05, 3.63) is 53.1 Å². The third-order valence-corrected chi connectivity index (χ3v) is 6.78. The SMILES string of the molecule is COc1ccc(S(=O)(=O)NCCCc2ccc(N3CCCCC3)cc2)cc1Cl. The summed E-state index contributed by atoms with van der Waals surface area (Å²) < 4.78 is 32.5. The smallest absolute Gasteiger partial charge is 0.240 e. The Balaban J connectivity index is 1.49. The molecule has 152 valence electrons. The molecule has 0 aliphatic carbocycles. The number of ether oxygens (including phenoxy) is 1. The molecule has 0 aromatic heterocycles. The summed E-state index contributed by atoms with van der Waals surface area (Å²) in [5.74, 6) is 0.452. The first-order valence-corrected chi connectivity index (χ1v) is 11.5. The number of benzene rings is 2. The Morgan fingerprint density at radius 3 is 2.43 bits per heavy atom. The highest BCUT2D eigenvalue weighted by molar-refractivity contribution is 7.89. The van der Waals surface area contributed by atoms with Gasteiger partial charge in [0.1, 0.15) is 5.75 Å². The fourth-order valence-corrected chi connectivity index (χ4v) is 4.84. The van der Waals surface area contributed by atoms with E-state index in [4.69, 9.17) is 16.3 Å². The second kappa shape index (κ2) is 9.63. The van der Waals surface area contributed by atoms with Crippen LogP contribution in [0.1, 0.15) is 31.2 Å². The lowest BCUT2D eigenvalue weighted by molar-refractivity contribution is 0.414. The molecule has 0 bridgehead atoms. The van der Waals surface area contributed by atoms with Gasteiger partial charge in [-0.3, -0.25) is 0 Å². The second-order valence-electron chi connectivity index (χ2n) is 7.01. The average Bonchev–Trinajstić information content (AvgIpc) is 2.72. The number of nitrogens with one attached hydrogen (secondary N) is 1. The van der Waals surface area contributed by atoms with Crippen LogP contribution in [-0.4, -0.2) is 35.2 Å². The first-order chi connectivity index (χ1) is 13.5. The highest BCUT2D eigenvalue weighted by atomic mass is 35.5. The molecule has 7 heteroatoms. The molecule has 1 fully saturated rings. The van der Waals surface area contributed by atoms with Gasteiger partial charge in [0.25, 0.3) is 0 Å². The van der Waals surface area contributed by atoms with Crippen LogP contribution in [0.4, 0.5) is 5.69 Å². The zero-order chi connectivity index (χ0) is 20.0. The quantitative estimate of drug-likeness (QED) is 0.646. The van der Waals surface area contributed by atoms with Crippen molar-refractivity contribution in [1.29, 1.82) is 0 Å². The molecule has 0 radical (unpaired) electrons. The predicted molar refractivity (Wildman–Crippen MR) is 114 cm³/mol. The molecule has 3 rings (SSSR count). The van der Waals surface area contributed by atoms with Gasteiger partial charge in [0.2, 0.25) is 10.0 Å². The van der Waals surface area contributed by atoms with Crippen LogP contribution in [0.5, 0.6) is 5.75 Å². The van der Waals surface area contributed by atoms with Gasteiger partial charge in [0.15, 0.2) is 0 Å².